The highest BCUT2D eigenvalue weighted by molar-refractivity contribution is 6.31. The number of halogens is 1. The van der Waals surface area contributed by atoms with Gasteiger partial charge >= 0.3 is 11.8 Å². The molecule has 1 saturated heterocycles. The monoisotopic (exact) mass is 366 g/mol. The summed E-state index contributed by atoms with van der Waals surface area (Å²) < 4.78 is 6.69. The summed E-state index contributed by atoms with van der Waals surface area (Å²) >= 11 is 6.00. The second-order valence-electron chi connectivity index (χ2n) is 6.18. The van der Waals surface area contributed by atoms with E-state index in [-0.39, 0.29) is 17.8 Å². The van der Waals surface area contributed by atoms with Crippen LogP contribution < -0.4 is 11.0 Å². The van der Waals surface area contributed by atoms with Crippen molar-refractivity contribution in [2.45, 2.75) is 25.8 Å². The first-order valence-electron chi connectivity index (χ1n) is 8.61. The molecule has 0 aliphatic carbocycles. The molecule has 0 bridgehead atoms. The molecule has 2 N–H and O–H groups in total. The molecule has 7 nitrogen and oxygen atoms in total. The Morgan fingerprint density at radius 1 is 1.40 bits per heavy atom. The number of alkyl carbamates (subject to hydrolysis) is 1. The molecule has 1 aromatic carbocycles. The van der Waals surface area contributed by atoms with Crippen LogP contribution in [0.5, 0.6) is 0 Å². The molecule has 0 saturated carbocycles. The Morgan fingerprint density at radius 2 is 2.16 bits per heavy atom. The van der Waals surface area contributed by atoms with Gasteiger partial charge in [0.15, 0.2) is 0 Å². The van der Waals surface area contributed by atoms with E-state index in [1.165, 1.54) is 0 Å². The van der Waals surface area contributed by atoms with Gasteiger partial charge in [-0.05, 0) is 38.0 Å². The molecule has 1 fully saturated rings. The number of nitrogens with zero attached hydrogens (tertiary/aromatic N) is 2. The normalized spacial score (nSPS) is 16.2. The lowest BCUT2D eigenvalue weighted by atomic mass is 10.0. The summed E-state index contributed by atoms with van der Waals surface area (Å²) in [5, 5.41) is 3.35. The molecule has 1 aliphatic heterocycles. The van der Waals surface area contributed by atoms with Gasteiger partial charge in [-0.15, -0.1) is 0 Å². The van der Waals surface area contributed by atoms with Gasteiger partial charge in [0.25, 0.3) is 0 Å². The fourth-order valence-corrected chi connectivity index (χ4v) is 3.54. The first-order valence-corrected chi connectivity index (χ1v) is 8.99. The molecule has 8 heteroatoms. The topological polar surface area (TPSA) is 79.4 Å². The molecule has 0 radical (unpaired) electrons. The smallest absolute Gasteiger partial charge is 0.407 e. The molecule has 136 valence electrons. The van der Waals surface area contributed by atoms with E-state index < -0.39 is 0 Å². The molecule has 1 aliphatic rings. The molecular formula is C17H23ClN4O3. The van der Waals surface area contributed by atoms with Gasteiger partial charge in [-0.25, -0.2) is 9.59 Å². The number of rotatable bonds is 5. The van der Waals surface area contributed by atoms with Gasteiger partial charge in [-0.2, -0.15) is 0 Å². The van der Waals surface area contributed by atoms with Crippen LogP contribution in [0.2, 0.25) is 5.02 Å². The molecular weight excluding hydrogens is 344 g/mol. The first kappa shape index (κ1) is 17.8. The van der Waals surface area contributed by atoms with Crippen LogP contribution in [0, 0.1) is 0 Å². The maximum absolute atomic E-state index is 12.3. The third-order valence-corrected chi connectivity index (χ3v) is 4.81. The number of likely N-dealkylation sites (tertiary alicyclic amines) is 1. The predicted molar refractivity (Wildman–Crippen MR) is 97.3 cm³/mol. The van der Waals surface area contributed by atoms with Crippen LogP contribution in [0.25, 0.3) is 11.0 Å². The maximum Gasteiger partial charge on any atom is 0.407 e. The Morgan fingerprint density at radius 3 is 2.88 bits per heavy atom. The Bertz CT molecular complexity index is 793. The number of aromatic nitrogens is 2. The van der Waals surface area contributed by atoms with Crippen LogP contribution in [-0.2, 0) is 4.74 Å². The summed E-state index contributed by atoms with van der Waals surface area (Å²) in [6.07, 6.45) is 1.42. The lowest BCUT2D eigenvalue weighted by Crippen LogP contribution is -2.41. The van der Waals surface area contributed by atoms with Crippen LogP contribution in [0.1, 0.15) is 25.8 Å². The Hall–Kier alpha value is -1.99. The van der Waals surface area contributed by atoms with E-state index >= 15 is 0 Å². The van der Waals surface area contributed by atoms with E-state index in [2.05, 4.69) is 15.2 Å². The Kier molecular flexibility index (Phi) is 5.65. The van der Waals surface area contributed by atoms with Crippen LogP contribution in [-0.4, -0.2) is 53.3 Å². The number of benzene rings is 1. The zero-order chi connectivity index (χ0) is 17.8. The van der Waals surface area contributed by atoms with Gasteiger partial charge in [0, 0.05) is 37.2 Å². The van der Waals surface area contributed by atoms with Crippen molar-refractivity contribution in [2.75, 3.05) is 32.8 Å². The van der Waals surface area contributed by atoms with Crippen molar-refractivity contribution in [1.29, 1.82) is 0 Å². The minimum atomic E-state index is -0.374. The van der Waals surface area contributed by atoms with Crippen molar-refractivity contribution in [3.63, 3.8) is 0 Å². The summed E-state index contributed by atoms with van der Waals surface area (Å²) in [6.45, 7) is 5.29. The number of fused-ring (bicyclic) bond motifs is 1. The summed E-state index contributed by atoms with van der Waals surface area (Å²) in [5.41, 5.74) is 1.59. The van der Waals surface area contributed by atoms with Gasteiger partial charge in [0.1, 0.15) is 0 Å². The number of hydrogen-bond acceptors (Lipinski definition) is 4. The zero-order valence-electron chi connectivity index (χ0n) is 14.3. The minimum absolute atomic E-state index is 0.0836. The predicted octanol–water partition coefficient (Wildman–Crippen LogP) is 2.37. The van der Waals surface area contributed by atoms with E-state index in [4.69, 9.17) is 16.3 Å². The van der Waals surface area contributed by atoms with Crippen molar-refractivity contribution >= 4 is 28.7 Å². The third kappa shape index (κ3) is 4.16. The second-order valence-corrected chi connectivity index (χ2v) is 6.62. The summed E-state index contributed by atoms with van der Waals surface area (Å²) in [4.78, 5) is 28.8. The number of aromatic amines is 1. The van der Waals surface area contributed by atoms with Crippen molar-refractivity contribution < 1.29 is 9.53 Å². The number of piperidine rings is 1. The number of amides is 1. The van der Waals surface area contributed by atoms with E-state index in [1.54, 1.807) is 13.0 Å². The highest BCUT2D eigenvalue weighted by Gasteiger charge is 2.23. The van der Waals surface area contributed by atoms with Gasteiger partial charge in [0.05, 0.1) is 17.6 Å². The molecule has 2 heterocycles. The maximum atomic E-state index is 12.3. The van der Waals surface area contributed by atoms with Crippen molar-refractivity contribution in [3.8, 4) is 0 Å². The zero-order valence-corrected chi connectivity index (χ0v) is 15.0. The number of carbonyl (C=O) groups is 1. The van der Waals surface area contributed by atoms with E-state index in [0.29, 0.717) is 18.2 Å². The van der Waals surface area contributed by atoms with Crippen molar-refractivity contribution in [2.24, 2.45) is 0 Å². The number of carbonyl (C=O) groups excluding carboxylic acids is 1. The van der Waals surface area contributed by atoms with Crippen molar-refractivity contribution in [1.82, 2.24) is 19.8 Å². The molecule has 0 unspecified atom stereocenters. The standard InChI is InChI=1S/C17H23ClN4O3/c1-2-25-17(24)19-7-10-21-8-5-13(6-9-21)22-15-4-3-12(18)11-14(15)20-16(22)23/h3-4,11,13H,2,5-10H2,1H3,(H,19,24)(H,20,23). The molecule has 25 heavy (non-hydrogen) atoms. The number of hydrogen-bond donors (Lipinski definition) is 2. The summed E-state index contributed by atoms with van der Waals surface area (Å²) in [6, 6.07) is 5.66. The Balaban J connectivity index is 1.57. The fraction of sp³-hybridized carbons (Fsp3) is 0.529. The molecule has 1 amide bonds. The average molecular weight is 367 g/mol. The number of H-pyrrole nitrogens is 1. The highest BCUT2D eigenvalue weighted by Crippen LogP contribution is 2.25. The van der Waals surface area contributed by atoms with E-state index in [9.17, 15) is 9.59 Å². The average Bonchev–Trinajstić information content (AvgIpc) is 2.90. The number of imidazole rings is 1. The summed E-state index contributed by atoms with van der Waals surface area (Å²) in [5.74, 6) is 0. The molecule has 1 aromatic heterocycles. The second kappa shape index (κ2) is 7.93. The molecule has 0 spiro atoms. The Labute approximate surface area is 150 Å². The lowest BCUT2D eigenvalue weighted by Gasteiger charge is -2.32. The number of ether oxygens (including phenoxy) is 1. The fourth-order valence-electron chi connectivity index (χ4n) is 3.37. The van der Waals surface area contributed by atoms with Crippen LogP contribution >= 0.6 is 11.6 Å². The van der Waals surface area contributed by atoms with Crippen LogP contribution in [0.15, 0.2) is 23.0 Å². The van der Waals surface area contributed by atoms with Gasteiger partial charge in [-0.1, -0.05) is 11.6 Å². The molecule has 3 rings (SSSR count). The molecule has 2 aromatic rings. The largest absolute Gasteiger partial charge is 0.450 e. The summed E-state index contributed by atoms with van der Waals surface area (Å²) in [7, 11) is 0. The quantitative estimate of drug-likeness (QED) is 0.851. The minimum Gasteiger partial charge on any atom is -0.450 e. The van der Waals surface area contributed by atoms with Crippen LogP contribution in [0.3, 0.4) is 0 Å². The van der Waals surface area contributed by atoms with Gasteiger partial charge < -0.3 is 19.9 Å². The third-order valence-electron chi connectivity index (χ3n) is 4.57. The number of nitrogens with one attached hydrogen (secondary N) is 2. The lowest BCUT2D eigenvalue weighted by molar-refractivity contribution is 0.146. The molecule has 0 atom stereocenters. The van der Waals surface area contributed by atoms with E-state index in [0.717, 1.165) is 43.5 Å². The van der Waals surface area contributed by atoms with Crippen LogP contribution in [0.4, 0.5) is 4.79 Å². The van der Waals surface area contributed by atoms with Gasteiger partial charge in [-0.3, -0.25) is 4.57 Å². The SMILES string of the molecule is CCOC(=O)NCCN1CCC(n2c(=O)[nH]c3cc(Cl)ccc32)CC1. The first-order chi connectivity index (χ1) is 12.1. The van der Waals surface area contributed by atoms with Crippen molar-refractivity contribution in [3.05, 3.63) is 33.7 Å². The van der Waals surface area contributed by atoms with E-state index in [1.807, 2.05) is 16.7 Å². The van der Waals surface area contributed by atoms with Gasteiger partial charge in [0.2, 0.25) is 0 Å². The highest BCUT2D eigenvalue weighted by atomic mass is 35.5.